The van der Waals surface area contributed by atoms with Crippen molar-refractivity contribution in [1.29, 1.82) is 0 Å². The minimum atomic E-state index is -1.08. The highest BCUT2D eigenvalue weighted by Crippen LogP contribution is 2.34. The van der Waals surface area contributed by atoms with Gasteiger partial charge in [0.2, 0.25) is 11.6 Å². The monoisotopic (exact) mass is 526 g/mol. The Hall–Kier alpha value is -3.82. The Kier molecular flexibility index (Phi) is 6.78. The highest BCUT2D eigenvalue weighted by atomic mass is 16.3. The molecule has 0 radical (unpaired) electrons. The normalized spacial score (nSPS) is 18.4. The Bertz CT molecular complexity index is 1550. The average Bonchev–Trinajstić information content (AvgIpc) is 3.58. The fourth-order valence-electron chi connectivity index (χ4n) is 5.99. The van der Waals surface area contributed by atoms with Crippen LogP contribution in [-0.4, -0.2) is 60.8 Å². The van der Waals surface area contributed by atoms with Crippen LogP contribution in [0.15, 0.2) is 65.8 Å². The quantitative estimate of drug-likeness (QED) is 0.384. The first kappa shape index (κ1) is 25.5. The minimum Gasteiger partial charge on any atom is -0.388 e. The molecule has 4 aromatic rings. The fourth-order valence-corrected chi connectivity index (χ4v) is 5.99. The molecule has 2 aliphatic rings. The summed E-state index contributed by atoms with van der Waals surface area (Å²) in [6.07, 6.45) is 7.23. The second-order valence-electron chi connectivity index (χ2n) is 10.8. The summed E-state index contributed by atoms with van der Waals surface area (Å²) in [7, 11) is 1.99. The minimum absolute atomic E-state index is 0.0964. The maximum absolute atomic E-state index is 13.3. The second kappa shape index (κ2) is 10.4. The molecule has 1 atom stereocenters. The molecule has 0 spiro atoms. The third-order valence-electron chi connectivity index (χ3n) is 8.34. The van der Waals surface area contributed by atoms with Gasteiger partial charge in [-0.25, -0.2) is 9.50 Å². The van der Waals surface area contributed by atoms with Crippen LogP contribution in [0, 0.1) is 0 Å². The van der Waals surface area contributed by atoms with Gasteiger partial charge in [-0.05, 0) is 61.9 Å². The number of carbonyl (C=O) groups is 1. The van der Waals surface area contributed by atoms with Crippen LogP contribution < -0.4 is 10.9 Å². The van der Waals surface area contributed by atoms with Gasteiger partial charge in [0.15, 0.2) is 0 Å². The van der Waals surface area contributed by atoms with Crippen molar-refractivity contribution in [2.75, 3.05) is 20.1 Å². The van der Waals surface area contributed by atoms with Crippen LogP contribution in [0.3, 0.4) is 0 Å². The summed E-state index contributed by atoms with van der Waals surface area (Å²) in [5.74, 6) is 0.0964. The summed E-state index contributed by atoms with van der Waals surface area (Å²) < 4.78 is 3.03. The lowest BCUT2D eigenvalue weighted by atomic mass is 9.91. The molecule has 2 aromatic carbocycles. The van der Waals surface area contributed by atoms with E-state index in [0.29, 0.717) is 44.8 Å². The van der Waals surface area contributed by atoms with E-state index in [2.05, 4.69) is 33.6 Å². The van der Waals surface area contributed by atoms with Crippen LogP contribution >= 0.6 is 0 Å². The molecule has 2 aromatic heterocycles. The van der Waals surface area contributed by atoms with E-state index in [0.717, 1.165) is 29.7 Å². The number of aryl methyl sites for hydroxylation is 2. The van der Waals surface area contributed by atoms with Crippen LogP contribution in [0.25, 0.3) is 16.9 Å². The molecule has 2 N–H and O–H groups in total. The van der Waals surface area contributed by atoms with E-state index in [-0.39, 0.29) is 23.7 Å². The van der Waals surface area contributed by atoms with Crippen LogP contribution in [0.5, 0.6) is 0 Å². The van der Waals surface area contributed by atoms with Gasteiger partial charge in [-0.1, -0.05) is 42.5 Å². The first-order valence-electron chi connectivity index (χ1n) is 13.7. The highest BCUT2D eigenvalue weighted by molar-refractivity contribution is 5.76. The Balaban J connectivity index is 1.13. The van der Waals surface area contributed by atoms with Gasteiger partial charge in [0.1, 0.15) is 6.33 Å². The zero-order valence-electron chi connectivity index (χ0n) is 22.2. The molecule has 1 saturated heterocycles. The van der Waals surface area contributed by atoms with E-state index >= 15 is 0 Å². The standard InChI is InChI=1S/C30H34N6O3/c1-31-25-11-9-22-17-23(8-10-24(22)25)26-18-32-28-29(38)35(20-33-36(26)28)19-30(39)13-15-34(16-14-30)27(37)12-7-21-5-3-2-4-6-21/h2-6,8,10,17-18,20,25,31,39H,7,9,11-16,19H2,1H3. The number of aromatic nitrogens is 4. The SMILES string of the molecule is CNC1CCc2cc(-c3cnc4c(=O)n(CC5(O)CCN(C(=O)CCc6ccccc6)CC5)cnn34)ccc21. The maximum atomic E-state index is 13.3. The molecule has 39 heavy (non-hydrogen) atoms. The van der Waals surface area contributed by atoms with Crippen LogP contribution in [-0.2, 0) is 24.2 Å². The molecular formula is C30H34N6O3. The molecule has 3 heterocycles. The summed E-state index contributed by atoms with van der Waals surface area (Å²) >= 11 is 0. The van der Waals surface area contributed by atoms with Gasteiger partial charge in [0.05, 0.1) is 24.0 Å². The molecule has 1 aliphatic carbocycles. The van der Waals surface area contributed by atoms with Crippen molar-refractivity contribution in [3.05, 3.63) is 88.1 Å². The molecule has 1 fully saturated rings. The van der Waals surface area contributed by atoms with Gasteiger partial charge in [-0.3, -0.25) is 14.2 Å². The molecule has 9 heteroatoms. The lowest BCUT2D eigenvalue weighted by molar-refractivity contribution is -0.135. The second-order valence-corrected chi connectivity index (χ2v) is 10.8. The summed E-state index contributed by atoms with van der Waals surface area (Å²) in [6, 6.07) is 16.7. The number of rotatable bonds is 7. The third kappa shape index (κ3) is 4.99. The van der Waals surface area contributed by atoms with Crippen molar-refractivity contribution in [1.82, 2.24) is 29.4 Å². The molecule has 9 nitrogen and oxygen atoms in total. The number of likely N-dealkylation sites (tertiary alicyclic amines) is 1. The lowest BCUT2D eigenvalue weighted by Crippen LogP contribution is -2.49. The number of piperidine rings is 1. The van der Waals surface area contributed by atoms with Crippen molar-refractivity contribution in [2.45, 2.75) is 56.7 Å². The molecule has 202 valence electrons. The Morgan fingerprint density at radius 3 is 2.72 bits per heavy atom. The van der Waals surface area contributed by atoms with Gasteiger partial charge in [0, 0.05) is 31.1 Å². The molecular weight excluding hydrogens is 492 g/mol. The molecule has 1 amide bonds. The van der Waals surface area contributed by atoms with Crippen molar-refractivity contribution < 1.29 is 9.90 Å². The van der Waals surface area contributed by atoms with Crippen molar-refractivity contribution in [3.63, 3.8) is 0 Å². The average molecular weight is 527 g/mol. The van der Waals surface area contributed by atoms with E-state index in [9.17, 15) is 14.7 Å². The molecule has 6 rings (SSSR count). The number of nitrogens with zero attached hydrogens (tertiary/aromatic N) is 5. The smallest absolute Gasteiger partial charge is 0.296 e. The van der Waals surface area contributed by atoms with E-state index in [1.54, 1.807) is 10.7 Å². The zero-order chi connectivity index (χ0) is 27.0. The van der Waals surface area contributed by atoms with Crippen LogP contribution in [0.2, 0.25) is 0 Å². The van der Waals surface area contributed by atoms with Crippen molar-refractivity contribution in [3.8, 4) is 11.3 Å². The number of amides is 1. The summed E-state index contributed by atoms with van der Waals surface area (Å²) in [5, 5.41) is 19.2. The van der Waals surface area contributed by atoms with E-state index in [1.165, 1.54) is 22.0 Å². The molecule has 0 saturated carbocycles. The van der Waals surface area contributed by atoms with E-state index in [4.69, 9.17) is 0 Å². The number of nitrogens with one attached hydrogen (secondary N) is 1. The number of carbonyl (C=O) groups excluding carboxylic acids is 1. The van der Waals surface area contributed by atoms with Gasteiger partial charge in [0.25, 0.3) is 5.56 Å². The van der Waals surface area contributed by atoms with Crippen molar-refractivity contribution in [2.24, 2.45) is 0 Å². The number of fused-ring (bicyclic) bond motifs is 2. The largest absolute Gasteiger partial charge is 0.388 e. The first-order valence-corrected chi connectivity index (χ1v) is 13.7. The van der Waals surface area contributed by atoms with Crippen LogP contribution in [0.1, 0.15) is 48.4 Å². The maximum Gasteiger partial charge on any atom is 0.296 e. The molecule has 1 unspecified atom stereocenters. The number of imidazole rings is 1. The summed E-state index contributed by atoms with van der Waals surface area (Å²) in [6.45, 7) is 1.05. The Morgan fingerprint density at radius 2 is 1.95 bits per heavy atom. The highest BCUT2D eigenvalue weighted by Gasteiger charge is 2.35. The zero-order valence-corrected chi connectivity index (χ0v) is 22.2. The van der Waals surface area contributed by atoms with Crippen molar-refractivity contribution >= 4 is 11.6 Å². The number of hydrogen-bond donors (Lipinski definition) is 2. The lowest BCUT2D eigenvalue weighted by Gasteiger charge is -2.38. The fraction of sp³-hybridized carbons (Fsp3) is 0.400. The van der Waals surface area contributed by atoms with Gasteiger partial charge >= 0.3 is 0 Å². The summed E-state index contributed by atoms with van der Waals surface area (Å²) in [5.41, 5.74) is 4.38. The number of hydrogen-bond acceptors (Lipinski definition) is 6. The van der Waals surface area contributed by atoms with Gasteiger partial charge in [-0.2, -0.15) is 5.10 Å². The number of benzene rings is 2. The summed E-state index contributed by atoms with van der Waals surface area (Å²) in [4.78, 5) is 32.2. The first-order chi connectivity index (χ1) is 18.9. The van der Waals surface area contributed by atoms with E-state index < -0.39 is 5.60 Å². The predicted molar refractivity (Wildman–Crippen MR) is 148 cm³/mol. The predicted octanol–water partition coefficient (Wildman–Crippen LogP) is 2.75. The van der Waals surface area contributed by atoms with Crippen LogP contribution in [0.4, 0.5) is 0 Å². The molecule has 0 bridgehead atoms. The number of aliphatic hydroxyl groups is 1. The Morgan fingerprint density at radius 1 is 1.15 bits per heavy atom. The third-order valence-corrected chi connectivity index (χ3v) is 8.34. The topological polar surface area (TPSA) is 105 Å². The van der Waals surface area contributed by atoms with E-state index in [1.807, 2.05) is 42.3 Å². The van der Waals surface area contributed by atoms with Gasteiger partial charge < -0.3 is 15.3 Å². The van der Waals surface area contributed by atoms with Gasteiger partial charge in [-0.15, -0.1) is 0 Å². The molecule has 1 aliphatic heterocycles. The Labute approximate surface area is 227 Å².